The van der Waals surface area contributed by atoms with Crippen LogP contribution in [0.3, 0.4) is 0 Å². The first-order valence-electron chi connectivity index (χ1n) is 7.23. The van der Waals surface area contributed by atoms with E-state index in [0.717, 1.165) is 24.3 Å². The molecule has 6 nitrogen and oxygen atoms in total. The Morgan fingerprint density at radius 1 is 1.22 bits per heavy atom. The fraction of sp³-hybridized carbons (Fsp3) is 0.533. The fourth-order valence-corrected chi connectivity index (χ4v) is 4.75. The highest BCUT2D eigenvalue weighted by atomic mass is 32.2. The molecular formula is C15H21NO5S2. The molecule has 1 aliphatic rings. The number of thioether (sulfide) groups is 1. The zero-order valence-electron chi connectivity index (χ0n) is 13.2. The summed E-state index contributed by atoms with van der Waals surface area (Å²) in [7, 11) is -0.747. The van der Waals surface area contributed by atoms with E-state index in [1.54, 1.807) is 7.11 Å². The lowest BCUT2D eigenvalue weighted by atomic mass is 9.97. The van der Waals surface area contributed by atoms with Crippen LogP contribution >= 0.6 is 11.8 Å². The van der Waals surface area contributed by atoms with Gasteiger partial charge in [-0.3, -0.25) is 0 Å². The van der Waals surface area contributed by atoms with Crippen LogP contribution in [0.25, 0.3) is 0 Å². The first kappa shape index (κ1) is 18.3. The van der Waals surface area contributed by atoms with E-state index in [4.69, 9.17) is 4.74 Å². The average Bonchev–Trinajstić information content (AvgIpc) is 2.60. The Morgan fingerprint density at radius 3 is 2.35 bits per heavy atom. The van der Waals surface area contributed by atoms with Crippen molar-refractivity contribution in [3.8, 4) is 0 Å². The Kier molecular flexibility index (Phi) is 6.07. The van der Waals surface area contributed by atoms with Gasteiger partial charge in [0.05, 0.1) is 23.2 Å². The first-order chi connectivity index (χ1) is 10.9. The van der Waals surface area contributed by atoms with E-state index in [2.05, 4.69) is 9.46 Å². The summed E-state index contributed by atoms with van der Waals surface area (Å²) in [6.07, 6.45) is 1.63. The van der Waals surface area contributed by atoms with Gasteiger partial charge in [-0.15, -0.1) is 0 Å². The minimum atomic E-state index is -3.65. The largest absolute Gasteiger partial charge is 0.465 e. The number of ether oxygens (including phenoxy) is 2. The molecular weight excluding hydrogens is 338 g/mol. The second-order valence-electron chi connectivity index (χ2n) is 5.34. The maximum Gasteiger partial charge on any atom is 0.337 e. The van der Waals surface area contributed by atoms with Crippen molar-refractivity contribution in [2.75, 3.05) is 32.3 Å². The molecule has 128 valence electrons. The molecule has 1 heterocycles. The van der Waals surface area contributed by atoms with Gasteiger partial charge in [0.2, 0.25) is 10.0 Å². The Bertz CT molecular complexity index is 636. The molecule has 1 aromatic rings. The number of carbonyl (C=O) groups excluding carboxylic acids is 1. The number of benzene rings is 1. The monoisotopic (exact) mass is 359 g/mol. The third kappa shape index (κ3) is 4.47. The Labute approximate surface area is 141 Å². The van der Waals surface area contributed by atoms with Crippen LogP contribution in [0.15, 0.2) is 29.2 Å². The number of carbonyl (C=O) groups is 1. The van der Waals surface area contributed by atoms with Gasteiger partial charge >= 0.3 is 5.97 Å². The number of nitrogens with one attached hydrogen (secondary N) is 1. The molecule has 1 aromatic carbocycles. The van der Waals surface area contributed by atoms with Crippen LogP contribution in [-0.4, -0.2) is 52.3 Å². The molecule has 0 amide bonds. The molecule has 0 aliphatic carbocycles. The third-order valence-corrected chi connectivity index (χ3v) is 6.41. The lowest BCUT2D eigenvalue weighted by Gasteiger charge is -2.35. The molecule has 2 rings (SSSR count). The summed E-state index contributed by atoms with van der Waals surface area (Å²) in [5.41, 5.74) is -0.131. The zero-order chi connectivity index (χ0) is 16.9. The average molecular weight is 359 g/mol. The van der Waals surface area contributed by atoms with Gasteiger partial charge in [0.1, 0.15) is 0 Å². The van der Waals surface area contributed by atoms with E-state index in [0.29, 0.717) is 5.56 Å². The highest BCUT2D eigenvalue weighted by Gasteiger charge is 2.33. The number of hydrogen-bond donors (Lipinski definition) is 1. The predicted octanol–water partition coefficient (Wildman–Crippen LogP) is 1.66. The Balaban J connectivity index is 2.07. The molecule has 0 radical (unpaired) electrons. The summed E-state index contributed by atoms with van der Waals surface area (Å²) >= 11 is 1.85. The second-order valence-corrected chi connectivity index (χ2v) is 8.33. The summed E-state index contributed by atoms with van der Waals surface area (Å²) in [6.45, 7) is 0.241. The number of rotatable bonds is 6. The van der Waals surface area contributed by atoms with Crippen LogP contribution in [0, 0.1) is 0 Å². The molecule has 0 saturated carbocycles. The second kappa shape index (κ2) is 7.65. The lowest BCUT2D eigenvalue weighted by Crippen LogP contribution is -2.46. The first-order valence-corrected chi connectivity index (χ1v) is 9.87. The molecule has 1 N–H and O–H groups in total. The molecule has 8 heteroatoms. The van der Waals surface area contributed by atoms with Gasteiger partial charge < -0.3 is 9.47 Å². The minimum absolute atomic E-state index is 0.113. The van der Waals surface area contributed by atoms with Crippen LogP contribution in [0.1, 0.15) is 23.2 Å². The van der Waals surface area contributed by atoms with Crippen molar-refractivity contribution in [1.29, 1.82) is 0 Å². The molecule has 0 atom stereocenters. The van der Waals surface area contributed by atoms with Crippen molar-refractivity contribution in [2.24, 2.45) is 0 Å². The van der Waals surface area contributed by atoms with Crippen molar-refractivity contribution in [3.63, 3.8) is 0 Å². The van der Waals surface area contributed by atoms with Crippen LogP contribution in [-0.2, 0) is 19.5 Å². The molecule has 0 unspecified atom stereocenters. The topological polar surface area (TPSA) is 81.7 Å². The quantitative estimate of drug-likeness (QED) is 0.778. The van der Waals surface area contributed by atoms with E-state index >= 15 is 0 Å². The van der Waals surface area contributed by atoms with E-state index in [-0.39, 0.29) is 11.4 Å². The van der Waals surface area contributed by atoms with Crippen molar-refractivity contribution in [1.82, 2.24) is 4.72 Å². The molecule has 1 aliphatic heterocycles. The van der Waals surface area contributed by atoms with E-state index in [9.17, 15) is 13.2 Å². The fourth-order valence-electron chi connectivity index (χ4n) is 2.39. The van der Waals surface area contributed by atoms with Gasteiger partial charge in [-0.05, 0) is 48.6 Å². The van der Waals surface area contributed by atoms with Gasteiger partial charge in [-0.25, -0.2) is 17.9 Å². The van der Waals surface area contributed by atoms with Gasteiger partial charge in [0.25, 0.3) is 0 Å². The summed E-state index contributed by atoms with van der Waals surface area (Å²) in [5.74, 6) is 1.42. The maximum atomic E-state index is 12.4. The van der Waals surface area contributed by atoms with Crippen molar-refractivity contribution >= 4 is 27.8 Å². The summed E-state index contributed by atoms with van der Waals surface area (Å²) in [6, 6.07) is 5.66. The highest BCUT2D eigenvalue weighted by molar-refractivity contribution is 7.99. The summed E-state index contributed by atoms with van der Waals surface area (Å²) in [4.78, 5) is 11.5. The smallest absolute Gasteiger partial charge is 0.337 e. The summed E-state index contributed by atoms with van der Waals surface area (Å²) < 4.78 is 37.6. The number of methoxy groups -OCH3 is 2. The van der Waals surface area contributed by atoms with Gasteiger partial charge in [-0.1, -0.05) is 0 Å². The Hall–Kier alpha value is -1.09. The van der Waals surface area contributed by atoms with Crippen LogP contribution in [0.4, 0.5) is 0 Å². The number of esters is 1. The van der Waals surface area contributed by atoms with E-state index in [1.807, 2.05) is 11.8 Å². The van der Waals surface area contributed by atoms with Gasteiger partial charge in [0, 0.05) is 13.7 Å². The molecule has 0 spiro atoms. The Morgan fingerprint density at radius 2 is 1.83 bits per heavy atom. The maximum absolute atomic E-state index is 12.4. The lowest BCUT2D eigenvalue weighted by molar-refractivity contribution is -0.0119. The van der Waals surface area contributed by atoms with Crippen LogP contribution < -0.4 is 4.72 Å². The highest BCUT2D eigenvalue weighted by Crippen LogP contribution is 2.29. The van der Waals surface area contributed by atoms with Gasteiger partial charge in [-0.2, -0.15) is 11.8 Å². The molecule has 1 saturated heterocycles. The molecule has 23 heavy (non-hydrogen) atoms. The van der Waals surface area contributed by atoms with E-state index < -0.39 is 21.6 Å². The van der Waals surface area contributed by atoms with Gasteiger partial charge in [0.15, 0.2) is 0 Å². The van der Waals surface area contributed by atoms with Crippen molar-refractivity contribution in [3.05, 3.63) is 29.8 Å². The zero-order valence-corrected chi connectivity index (χ0v) is 14.8. The predicted molar refractivity (Wildman–Crippen MR) is 89.3 cm³/mol. The standard InChI is InChI=1S/C15H21NO5S2/c1-20-14(17)12-3-5-13(6-4-12)23(18,19)16-11-15(21-2)7-9-22-10-8-15/h3-6,16H,7-11H2,1-2H3. The number of sulfonamides is 1. The molecule has 1 fully saturated rings. The summed E-state index contributed by atoms with van der Waals surface area (Å²) in [5, 5.41) is 0. The normalized spacial score (nSPS) is 17.7. The number of hydrogen-bond acceptors (Lipinski definition) is 6. The van der Waals surface area contributed by atoms with Crippen LogP contribution in [0.5, 0.6) is 0 Å². The molecule has 0 bridgehead atoms. The van der Waals surface area contributed by atoms with E-state index in [1.165, 1.54) is 31.4 Å². The molecule has 0 aromatic heterocycles. The third-order valence-electron chi connectivity index (χ3n) is 4.01. The SMILES string of the molecule is COC(=O)c1ccc(S(=O)(=O)NCC2(OC)CCSCC2)cc1. The van der Waals surface area contributed by atoms with Crippen LogP contribution in [0.2, 0.25) is 0 Å². The van der Waals surface area contributed by atoms with Crippen molar-refractivity contribution < 1.29 is 22.7 Å². The minimum Gasteiger partial charge on any atom is -0.465 e. The van der Waals surface area contributed by atoms with Crippen molar-refractivity contribution in [2.45, 2.75) is 23.3 Å².